The zero-order valence-electron chi connectivity index (χ0n) is 17.9. The number of hydrogen-bond acceptors (Lipinski definition) is 5. The van der Waals surface area contributed by atoms with Crippen molar-refractivity contribution in [2.45, 2.75) is 62.5 Å². The maximum absolute atomic E-state index is 12.6. The van der Waals surface area contributed by atoms with Gasteiger partial charge in [0.1, 0.15) is 12.2 Å². The van der Waals surface area contributed by atoms with Gasteiger partial charge in [-0.2, -0.15) is 0 Å². The van der Waals surface area contributed by atoms with Gasteiger partial charge in [0.15, 0.2) is 6.10 Å². The Labute approximate surface area is 187 Å². The quantitative estimate of drug-likeness (QED) is 0.677. The van der Waals surface area contributed by atoms with E-state index in [0.717, 1.165) is 36.5 Å². The molecule has 0 aromatic heterocycles. The van der Waals surface area contributed by atoms with Crippen LogP contribution in [0.15, 0.2) is 42.5 Å². The zero-order chi connectivity index (χ0) is 21.9. The van der Waals surface area contributed by atoms with Crippen LogP contribution in [0.2, 0.25) is 0 Å². The number of rotatable bonds is 4. The molecule has 2 heterocycles. The van der Waals surface area contributed by atoms with Crippen molar-refractivity contribution in [1.82, 2.24) is 10.6 Å². The highest BCUT2D eigenvalue weighted by Gasteiger charge is 2.50. The molecule has 1 saturated carbocycles. The van der Waals surface area contributed by atoms with Crippen LogP contribution in [0.25, 0.3) is 10.8 Å². The molecule has 4 unspecified atom stereocenters. The van der Waals surface area contributed by atoms with Crippen LogP contribution in [-0.4, -0.2) is 55.7 Å². The molecule has 32 heavy (non-hydrogen) atoms. The van der Waals surface area contributed by atoms with Crippen LogP contribution in [0, 0.1) is 0 Å². The van der Waals surface area contributed by atoms with Gasteiger partial charge < -0.3 is 24.8 Å². The third kappa shape index (κ3) is 4.52. The lowest BCUT2D eigenvalue weighted by Crippen LogP contribution is -2.51. The standard InChI is InChI=1S/C24H29N3O5/c28-23(25-16-9-2-1-3-10-16)26-19-13-30-22-20(14-31-21(19)22)32-24(29)27-18-12-6-8-15-7-4-5-11-17(15)18/h4-8,11-12,16,19-22H,1-3,9-10,13-14H2,(H,27,29)(H2,25,26,28). The number of benzene rings is 2. The SMILES string of the molecule is O=C(NC1CCCCC1)NC1COC2C(OC(=O)Nc3cccc4ccccc34)COC12. The predicted molar refractivity (Wildman–Crippen MR) is 120 cm³/mol. The Kier molecular flexibility index (Phi) is 6.14. The van der Waals surface area contributed by atoms with Gasteiger partial charge in [-0.05, 0) is 24.3 Å². The molecule has 170 valence electrons. The van der Waals surface area contributed by atoms with Crippen molar-refractivity contribution in [3.63, 3.8) is 0 Å². The van der Waals surface area contributed by atoms with Crippen molar-refractivity contribution in [3.05, 3.63) is 42.5 Å². The minimum Gasteiger partial charge on any atom is -0.441 e. The van der Waals surface area contributed by atoms with Gasteiger partial charge in [0.05, 0.1) is 24.9 Å². The first-order valence-corrected chi connectivity index (χ1v) is 11.4. The van der Waals surface area contributed by atoms with Gasteiger partial charge in [0.2, 0.25) is 0 Å². The van der Waals surface area contributed by atoms with E-state index in [0.29, 0.717) is 12.3 Å². The average Bonchev–Trinajstić information content (AvgIpc) is 3.38. The lowest BCUT2D eigenvalue weighted by atomic mass is 9.96. The minimum absolute atomic E-state index is 0.187. The molecule has 0 bridgehead atoms. The number of nitrogens with one attached hydrogen (secondary N) is 3. The Morgan fingerprint density at radius 3 is 2.53 bits per heavy atom. The molecule has 2 aliphatic heterocycles. The Bertz CT molecular complexity index is 972. The molecule has 0 radical (unpaired) electrons. The van der Waals surface area contributed by atoms with Crippen molar-refractivity contribution in [2.75, 3.05) is 18.5 Å². The second-order valence-corrected chi connectivity index (χ2v) is 8.75. The van der Waals surface area contributed by atoms with Crippen LogP contribution >= 0.6 is 0 Å². The van der Waals surface area contributed by atoms with Gasteiger partial charge in [0, 0.05) is 11.4 Å². The highest BCUT2D eigenvalue weighted by Crippen LogP contribution is 2.30. The summed E-state index contributed by atoms with van der Waals surface area (Å²) in [5.41, 5.74) is 0.690. The number of carbonyl (C=O) groups excluding carboxylic acids is 2. The van der Waals surface area contributed by atoms with E-state index in [2.05, 4.69) is 16.0 Å². The number of fused-ring (bicyclic) bond motifs is 2. The number of anilines is 1. The van der Waals surface area contributed by atoms with Crippen LogP contribution in [0.3, 0.4) is 0 Å². The summed E-state index contributed by atoms with van der Waals surface area (Å²) in [6.45, 7) is 0.568. The first-order valence-electron chi connectivity index (χ1n) is 11.4. The molecule has 8 nitrogen and oxygen atoms in total. The van der Waals surface area contributed by atoms with E-state index < -0.39 is 18.3 Å². The highest BCUT2D eigenvalue weighted by molar-refractivity contribution is 6.00. The molecular weight excluding hydrogens is 410 g/mol. The number of carbonyl (C=O) groups is 2. The van der Waals surface area contributed by atoms with Crippen LogP contribution in [0.4, 0.5) is 15.3 Å². The van der Waals surface area contributed by atoms with Gasteiger partial charge in [-0.15, -0.1) is 0 Å². The van der Waals surface area contributed by atoms with E-state index >= 15 is 0 Å². The van der Waals surface area contributed by atoms with Crippen molar-refractivity contribution < 1.29 is 23.8 Å². The van der Waals surface area contributed by atoms with Crippen LogP contribution < -0.4 is 16.0 Å². The molecule has 5 rings (SSSR count). The van der Waals surface area contributed by atoms with E-state index in [-0.39, 0.29) is 30.8 Å². The summed E-state index contributed by atoms with van der Waals surface area (Å²) >= 11 is 0. The Hall–Kier alpha value is -2.84. The predicted octanol–water partition coefficient (Wildman–Crippen LogP) is 3.56. The topological polar surface area (TPSA) is 97.9 Å². The molecule has 2 aromatic carbocycles. The fourth-order valence-electron chi connectivity index (χ4n) is 4.94. The van der Waals surface area contributed by atoms with Gasteiger partial charge in [0.25, 0.3) is 0 Å². The summed E-state index contributed by atoms with van der Waals surface area (Å²) < 4.78 is 17.3. The zero-order valence-corrected chi connectivity index (χ0v) is 17.9. The summed E-state index contributed by atoms with van der Waals surface area (Å²) in [7, 11) is 0. The van der Waals surface area contributed by atoms with Crippen LogP contribution in [-0.2, 0) is 14.2 Å². The number of hydrogen-bond donors (Lipinski definition) is 3. The fraction of sp³-hybridized carbons (Fsp3) is 0.500. The Morgan fingerprint density at radius 1 is 0.875 bits per heavy atom. The first kappa shape index (κ1) is 21.0. The molecule has 2 saturated heterocycles. The molecule has 3 amide bonds. The van der Waals surface area contributed by atoms with Gasteiger partial charge in [-0.25, -0.2) is 9.59 Å². The molecule has 8 heteroatoms. The molecule has 3 fully saturated rings. The number of amides is 3. The Morgan fingerprint density at radius 2 is 1.66 bits per heavy atom. The summed E-state index contributed by atoms with van der Waals surface area (Å²) in [4.78, 5) is 25.0. The molecule has 4 atom stereocenters. The van der Waals surface area contributed by atoms with E-state index in [4.69, 9.17) is 14.2 Å². The normalized spacial score (nSPS) is 27.6. The van der Waals surface area contributed by atoms with E-state index in [1.54, 1.807) is 0 Å². The fourth-order valence-corrected chi connectivity index (χ4v) is 4.94. The molecule has 1 aliphatic carbocycles. The number of urea groups is 1. The van der Waals surface area contributed by atoms with Gasteiger partial charge in [-0.1, -0.05) is 55.7 Å². The van der Waals surface area contributed by atoms with Gasteiger partial charge >= 0.3 is 12.1 Å². The maximum atomic E-state index is 12.6. The monoisotopic (exact) mass is 439 g/mol. The van der Waals surface area contributed by atoms with E-state index in [1.807, 2.05) is 42.5 Å². The van der Waals surface area contributed by atoms with E-state index in [9.17, 15) is 9.59 Å². The summed E-state index contributed by atoms with van der Waals surface area (Å²) in [5, 5.41) is 10.8. The van der Waals surface area contributed by atoms with Crippen LogP contribution in [0.5, 0.6) is 0 Å². The van der Waals surface area contributed by atoms with E-state index in [1.165, 1.54) is 6.42 Å². The largest absolute Gasteiger partial charge is 0.441 e. The average molecular weight is 440 g/mol. The lowest BCUT2D eigenvalue weighted by molar-refractivity contribution is 0.00872. The molecule has 2 aromatic rings. The first-order chi connectivity index (χ1) is 15.7. The third-order valence-electron chi connectivity index (χ3n) is 6.55. The second kappa shape index (κ2) is 9.34. The number of ether oxygens (including phenoxy) is 3. The Balaban J connectivity index is 1.14. The van der Waals surface area contributed by atoms with Crippen molar-refractivity contribution >= 4 is 28.6 Å². The maximum Gasteiger partial charge on any atom is 0.412 e. The molecular formula is C24H29N3O5. The molecule has 3 aliphatic rings. The molecule has 0 spiro atoms. The smallest absolute Gasteiger partial charge is 0.412 e. The van der Waals surface area contributed by atoms with Crippen molar-refractivity contribution in [2.24, 2.45) is 0 Å². The highest BCUT2D eigenvalue weighted by atomic mass is 16.6. The lowest BCUT2D eigenvalue weighted by Gasteiger charge is -2.24. The summed E-state index contributed by atoms with van der Waals surface area (Å²) in [6.07, 6.45) is 3.81. The molecule has 3 N–H and O–H groups in total. The second-order valence-electron chi connectivity index (χ2n) is 8.75. The summed E-state index contributed by atoms with van der Waals surface area (Å²) in [5.74, 6) is 0. The van der Waals surface area contributed by atoms with Crippen molar-refractivity contribution in [3.8, 4) is 0 Å². The van der Waals surface area contributed by atoms with Crippen molar-refractivity contribution in [1.29, 1.82) is 0 Å². The minimum atomic E-state index is -0.550. The van der Waals surface area contributed by atoms with Gasteiger partial charge in [-0.3, -0.25) is 5.32 Å². The summed E-state index contributed by atoms with van der Waals surface area (Å²) in [6, 6.07) is 13.3. The van der Waals surface area contributed by atoms with Crippen LogP contribution in [0.1, 0.15) is 32.1 Å². The third-order valence-corrected chi connectivity index (χ3v) is 6.55.